The number of aryl methyl sites for hydroxylation is 1. The Bertz CT molecular complexity index is 320. The summed E-state index contributed by atoms with van der Waals surface area (Å²) in [5.41, 5.74) is 0.923. The van der Waals surface area contributed by atoms with Crippen molar-refractivity contribution < 1.29 is 14.6 Å². The Kier molecular flexibility index (Phi) is 2.00. The molecule has 3 nitrogen and oxygen atoms in total. The highest BCUT2D eigenvalue weighted by atomic mass is 16.7. The molecule has 1 N–H and O–H groups in total. The highest BCUT2D eigenvalue weighted by Gasteiger charge is 2.16. The van der Waals surface area contributed by atoms with E-state index in [0.717, 1.165) is 24.2 Å². The van der Waals surface area contributed by atoms with E-state index in [-0.39, 0.29) is 6.79 Å². The van der Waals surface area contributed by atoms with Gasteiger partial charge in [0.05, 0.1) is 0 Å². The first kappa shape index (κ1) is 8.23. The molecule has 0 bridgehead atoms. The maximum Gasteiger partial charge on any atom is 0.231 e. The molecule has 70 valence electrons. The number of fused-ring (bicyclic) bond motifs is 1. The zero-order valence-electron chi connectivity index (χ0n) is 7.54. The van der Waals surface area contributed by atoms with Gasteiger partial charge in [-0.1, -0.05) is 13.3 Å². The number of benzene rings is 1. The van der Waals surface area contributed by atoms with Gasteiger partial charge in [-0.3, -0.25) is 0 Å². The van der Waals surface area contributed by atoms with Gasteiger partial charge in [0.25, 0.3) is 0 Å². The molecule has 0 spiro atoms. The topological polar surface area (TPSA) is 38.7 Å². The van der Waals surface area contributed by atoms with Gasteiger partial charge in [0.2, 0.25) is 6.79 Å². The fourth-order valence-electron chi connectivity index (χ4n) is 1.44. The van der Waals surface area contributed by atoms with Gasteiger partial charge in [0.15, 0.2) is 11.5 Å². The maximum atomic E-state index is 9.57. The SMILES string of the molecule is CCCc1cc2c(cc1O)OCO2. The number of aromatic hydroxyl groups is 1. The van der Waals surface area contributed by atoms with Crippen molar-refractivity contribution in [3.8, 4) is 17.2 Å². The van der Waals surface area contributed by atoms with Crippen molar-refractivity contribution in [1.29, 1.82) is 0 Å². The van der Waals surface area contributed by atoms with E-state index in [0.29, 0.717) is 11.5 Å². The maximum absolute atomic E-state index is 9.57. The van der Waals surface area contributed by atoms with E-state index in [1.165, 1.54) is 0 Å². The van der Waals surface area contributed by atoms with Crippen LogP contribution >= 0.6 is 0 Å². The summed E-state index contributed by atoms with van der Waals surface area (Å²) in [7, 11) is 0. The molecule has 1 aromatic rings. The number of hydrogen-bond acceptors (Lipinski definition) is 3. The van der Waals surface area contributed by atoms with Gasteiger partial charge in [0.1, 0.15) is 5.75 Å². The van der Waals surface area contributed by atoms with Crippen LogP contribution in [0.15, 0.2) is 12.1 Å². The van der Waals surface area contributed by atoms with Gasteiger partial charge < -0.3 is 14.6 Å². The second-order valence-electron chi connectivity index (χ2n) is 3.08. The van der Waals surface area contributed by atoms with Gasteiger partial charge in [-0.2, -0.15) is 0 Å². The molecular weight excluding hydrogens is 168 g/mol. The number of phenolic OH excluding ortho intramolecular Hbond substituents is 1. The normalized spacial score (nSPS) is 13.3. The number of phenols is 1. The van der Waals surface area contributed by atoms with E-state index >= 15 is 0 Å². The summed E-state index contributed by atoms with van der Waals surface area (Å²) in [5.74, 6) is 1.67. The molecule has 13 heavy (non-hydrogen) atoms. The molecule has 1 aliphatic rings. The smallest absolute Gasteiger partial charge is 0.231 e. The average Bonchev–Trinajstić information content (AvgIpc) is 2.52. The molecule has 0 saturated carbocycles. The van der Waals surface area contributed by atoms with Crippen molar-refractivity contribution in [2.24, 2.45) is 0 Å². The molecular formula is C10H12O3. The van der Waals surface area contributed by atoms with Crippen LogP contribution in [-0.4, -0.2) is 11.9 Å². The first-order valence-corrected chi connectivity index (χ1v) is 4.42. The molecule has 0 radical (unpaired) electrons. The monoisotopic (exact) mass is 180 g/mol. The molecule has 0 amide bonds. The van der Waals surface area contributed by atoms with Crippen molar-refractivity contribution in [2.45, 2.75) is 19.8 Å². The summed E-state index contributed by atoms with van der Waals surface area (Å²) < 4.78 is 10.3. The van der Waals surface area contributed by atoms with Crippen LogP contribution in [0.25, 0.3) is 0 Å². The quantitative estimate of drug-likeness (QED) is 0.757. The summed E-state index contributed by atoms with van der Waals surface area (Å²) in [5, 5.41) is 9.57. The second-order valence-corrected chi connectivity index (χ2v) is 3.08. The molecule has 0 aliphatic carbocycles. The third kappa shape index (κ3) is 1.41. The fraction of sp³-hybridized carbons (Fsp3) is 0.400. The van der Waals surface area contributed by atoms with Crippen LogP contribution in [0.5, 0.6) is 17.2 Å². The van der Waals surface area contributed by atoms with Gasteiger partial charge >= 0.3 is 0 Å². The summed E-state index contributed by atoms with van der Waals surface area (Å²) in [6, 6.07) is 3.47. The van der Waals surface area contributed by atoms with E-state index in [1.807, 2.05) is 6.07 Å². The molecule has 3 heteroatoms. The van der Waals surface area contributed by atoms with Crippen LogP contribution in [-0.2, 0) is 6.42 Å². The Labute approximate surface area is 76.9 Å². The minimum absolute atomic E-state index is 0.254. The lowest BCUT2D eigenvalue weighted by molar-refractivity contribution is 0.174. The third-order valence-corrected chi connectivity index (χ3v) is 2.09. The lowest BCUT2D eigenvalue weighted by atomic mass is 10.1. The first-order valence-electron chi connectivity index (χ1n) is 4.42. The van der Waals surface area contributed by atoms with Crippen molar-refractivity contribution in [2.75, 3.05) is 6.79 Å². The van der Waals surface area contributed by atoms with E-state index in [4.69, 9.17) is 9.47 Å². The van der Waals surface area contributed by atoms with Gasteiger partial charge in [0, 0.05) is 6.07 Å². The lowest BCUT2D eigenvalue weighted by Gasteiger charge is -2.04. The Morgan fingerprint density at radius 3 is 2.69 bits per heavy atom. The molecule has 1 aliphatic heterocycles. The number of hydrogen-bond donors (Lipinski definition) is 1. The Hall–Kier alpha value is -1.38. The molecule has 0 fully saturated rings. The number of rotatable bonds is 2. The molecule has 0 aromatic heterocycles. The lowest BCUT2D eigenvalue weighted by Crippen LogP contribution is -1.92. The van der Waals surface area contributed by atoms with Crippen molar-refractivity contribution in [3.63, 3.8) is 0 Å². The number of ether oxygens (including phenoxy) is 2. The predicted molar refractivity (Wildman–Crippen MR) is 48.2 cm³/mol. The van der Waals surface area contributed by atoms with Crippen LogP contribution in [0, 0.1) is 0 Å². The summed E-state index contributed by atoms with van der Waals surface area (Å²) in [4.78, 5) is 0. The fourth-order valence-corrected chi connectivity index (χ4v) is 1.44. The molecule has 2 rings (SSSR count). The highest BCUT2D eigenvalue weighted by molar-refractivity contribution is 5.51. The van der Waals surface area contributed by atoms with Crippen molar-refractivity contribution in [1.82, 2.24) is 0 Å². The molecule has 0 saturated heterocycles. The summed E-state index contributed by atoms with van der Waals surface area (Å²) in [6.45, 7) is 2.33. The van der Waals surface area contributed by atoms with Gasteiger partial charge in [-0.15, -0.1) is 0 Å². The standard InChI is InChI=1S/C10H12O3/c1-2-3-7-4-9-10(5-8(7)11)13-6-12-9/h4-5,11H,2-3,6H2,1H3. The van der Waals surface area contributed by atoms with E-state index < -0.39 is 0 Å². The van der Waals surface area contributed by atoms with Crippen LogP contribution in [0.4, 0.5) is 0 Å². The zero-order chi connectivity index (χ0) is 9.26. The minimum Gasteiger partial charge on any atom is -0.508 e. The Morgan fingerprint density at radius 1 is 1.31 bits per heavy atom. The third-order valence-electron chi connectivity index (χ3n) is 2.09. The minimum atomic E-state index is 0.254. The summed E-state index contributed by atoms with van der Waals surface area (Å²) in [6.07, 6.45) is 1.87. The molecule has 0 atom stereocenters. The van der Waals surface area contributed by atoms with Gasteiger partial charge in [-0.05, 0) is 18.1 Å². The van der Waals surface area contributed by atoms with E-state index in [9.17, 15) is 5.11 Å². The van der Waals surface area contributed by atoms with Crippen molar-refractivity contribution >= 4 is 0 Å². The highest BCUT2D eigenvalue weighted by Crippen LogP contribution is 2.37. The Balaban J connectivity index is 2.37. The average molecular weight is 180 g/mol. The van der Waals surface area contributed by atoms with Gasteiger partial charge in [-0.25, -0.2) is 0 Å². The predicted octanol–water partition coefficient (Wildman–Crippen LogP) is 2.07. The zero-order valence-corrected chi connectivity index (χ0v) is 7.54. The van der Waals surface area contributed by atoms with E-state index in [2.05, 4.69) is 6.92 Å². The van der Waals surface area contributed by atoms with Crippen molar-refractivity contribution in [3.05, 3.63) is 17.7 Å². The molecule has 1 heterocycles. The molecule has 1 aromatic carbocycles. The first-order chi connectivity index (χ1) is 6.31. The van der Waals surface area contributed by atoms with Crippen LogP contribution in [0.3, 0.4) is 0 Å². The van der Waals surface area contributed by atoms with Crippen LogP contribution in [0.1, 0.15) is 18.9 Å². The largest absolute Gasteiger partial charge is 0.508 e. The second kappa shape index (κ2) is 3.17. The summed E-state index contributed by atoms with van der Waals surface area (Å²) >= 11 is 0. The Morgan fingerprint density at radius 2 is 2.00 bits per heavy atom. The van der Waals surface area contributed by atoms with Crippen LogP contribution < -0.4 is 9.47 Å². The van der Waals surface area contributed by atoms with Crippen LogP contribution in [0.2, 0.25) is 0 Å². The molecule has 0 unspecified atom stereocenters. The van der Waals surface area contributed by atoms with E-state index in [1.54, 1.807) is 6.07 Å².